The summed E-state index contributed by atoms with van der Waals surface area (Å²) in [4.78, 5) is 19.1. The van der Waals surface area contributed by atoms with E-state index < -0.39 is 4.92 Å². The normalized spacial score (nSPS) is 14.0. The molecule has 2 aromatic rings. The summed E-state index contributed by atoms with van der Waals surface area (Å²) in [5.74, 6) is 1.40. The highest BCUT2D eigenvalue weighted by atomic mass is 79.9. The SMILES string of the molecule is O=[N+]([O-])c1cc(Cl)ccc1Oc1cc(Br)nc(C2CC2)n1. The molecule has 0 atom stereocenters. The van der Waals surface area contributed by atoms with Crippen molar-refractivity contribution < 1.29 is 9.66 Å². The van der Waals surface area contributed by atoms with E-state index in [2.05, 4.69) is 25.9 Å². The van der Waals surface area contributed by atoms with Crippen molar-refractivity contribution in [2.75, 3.05) is 0 Å². The van der Waals surface area contributed by atoms with Crippen molar-refractivity contribution in [2.45, 2.75) is 18.8 Å². The minimum Gasteiger partial charge on any atom is -0.432 e. The van der Waals surface area contributed by atoms with Crippen LogP contribution in [0, 0.1) is 10.1 Å². The third-order valence-corrected chi connectivity index (χ3v) is 3.60. The summed E-state index contributed by atoms with van der Waals surface area (Å²) in [7, 11) is 0. The Bertz CT molecular complexity index is 722. The first-order chi connectivity index (χ1) is 10.0. The Morgan fingerprint density at radius 3 is 2.76 bits per heavy atom. The lowest BCUT2D eigenvalue weighted by atomic mass is 10.3. The number of hydrogen-bond donors (Lipinski definition) is 0. The number of hydrogen-bond acceptors (Lipinski definition) is 5. The molecule has 6 nitrogen and oxygen atoms in total. The highest BCUT2D eigenvalue weighted by molar-refractivity contribution is 9.10. The van der Waals surface area contributed by atoms with Gasteiger partial charge in [0.25, 0.3) is 0 Å². The third kappa shape index (κ3) is 3.30. The standard InChI is InChI=1S/C13H9BrClN3O3/c14-11-6-12(17-13(16-11)7-1-2-7)21-10-4-3-8(15)5-9(10)18(19)20/h3-7H,1-2H2. The van der Waals surface area contributed by atoms with Crippen LogP contribution in [0.25, 0.3) is 0 Å². The fourth-order valence-electron chi connectivity index (χ4n) is 1.82. The highest BCUT2D eigenvalue weighted by Gasteiger charge is 2.28. The molecule has 0 N–H and O–H groups in total. The van der Waals surface area contributed by atoms with Gasteiger partial charge in [-0.3, -0.25) is 10.1 Å². The zero-order chi connectivity index (χ0) is 15.0. The molecule has 3 rings (SSSR count). The van der Waals surface area contributed by atoms with Crippen molar-refractivity contribution in [3.05, 3.63) is 49.8 Å². The maximum Gasteiger partial charge on any atom is 0.313 e. The third-order valence-electron chi connectivity index (χ3n) is 2.96. The second-order valence-corrected chi connectivity index (χ2v) is 5.88. The molecule has 0 aliphatic heterocycles. The number of ether oxygens (including phenoxy) is 1. The van der Waals surface area contributed by atoms with E-state index in [1.807, 2.05) is 0 Å². The van der Waals surface area contributed by atoms with E-state index in [0.29, 0.717) is 16.3 Å². The van der Waals surface area contributed by atoms with Gasteiger partial charge in [0.15, 0.2) is 0 Å². The van der Waals surface area contributed by atoms with E-state index in [9.17, 15) is 10.1 Å². The first-order valence-electron chi connectivity index (χ1n) is 6.19. The zero-order valence-electron chi connectivity index (χ0n) is 10.6. The van der Waals surface area contributed by atoms with E-state index in [1.54, 1.807) is 6.07 Å². The van der Waals surface area contributed by atoms with Crippen LogP contribution in [0.3, 0.4) is 0 Å². The molecule has 0 spiro atoms. The number of halogens is 2. The Morgan fingerprint density at radius 1 is 1.33 bits per heavy atom. The van der Waals surface area contributed by atoms with Gasteiger partial charge in [-0.2, -0.15) is 4.98 Å². The van der Waals surface area contributed by atoms with E-state index in [-0.39, 0.29) is 22.3 Å². The lowest BCUT2D eigenvalue weighted by Crippen LogP contribution is -1.98. The number of aromatic nitrogens is 2. The van der Waals surface area contributed by atoms with Gasteiger partial charge in [-0.1, -0.05) is 11.6 Å². The molecular weight excluding hydrogens is 362 g/mol. The van der Waals surface area contributed by atoms with Crippen LogP contribution in [0.1, 0.15) is 24.6 Å². The van der Waals surface area contributed by atoms with Gasteiger partial charge in [0, 0.05) is 23.1 Å². The summed E-state index contributed by atoms with van der Waals surface area (Å²) in [6.45, 7) is 0. The Hall–Kier alpha value is -1.73. The van der Waals surface area contributed by atoms with Crippen molar-refractivity contribution in [1.29, 1.82) is 0 Å². The van der Waals surface area contributed by atoms with Gasteiger partial charge in [0.1, 0.15) is 10.4 Å². The molecule has 0 saturated heterocycles. The van der Waals surface area contributed by atoms with Gasteiger partial charge in [-0.05, 0) is 40.9 Å². The highest BCUT2D eigenvalue weighted by Crippen LogP contribution is 2.40. The number of nitro benzene ring substituents is 1. The van der Waals surface area contributed by atoms with Crippen LogP contribution < -0.4 is 4.74 Å². The van der Waals surface area contributed by atoms with Crippen LogP contribution in [0.2, 0.25) is 5.02 Å². The molecule has 1 aromatic carbocycles. The van der Waals surface area contributed by atoms with E-state index >= 15 is 0 Å². The van der Waals surface area contributed by atoms with Crippen LogP contribution in [0.5, 0.6) is 11.6 Å². The molecular formula is C13H9BrClN3O3. The summed E-state index contributed by atoms with van der Waals surface area (Å²) in [6.07, 6.45) is 2.11. The van der Waals surface area contributed by atoms with Crippen molar-refractivity contribution in [3.8, 4) is 11.6 Å². The Labute approximate surface area is 133 Å². The molecule has 0 bridgehead atoms. The molecule has 0 unspecified atom stereocenters. The van der Waals surface area contributed by atoms with Crippen LogP contribution >= 0.6 is 27.5 Å². The minimum atomic E-state index is -0.542. The molecule has 0 amide bonds. The lowest BCUT2D eigenvalue weighted by molar-refractivity contribution is -0.385. The zero-order valence-corrected chi connectivity index (χ0v) is 13.0. The predicted octanol–water partition coefficient (Wildman–Crippen LogP) is 4.47. The lowest BCUT2D eigenvalue weighted by Gasteiger charge is -2.07. The van der Waals surface area contributed by atoms with E-state index in [0.717, 1.165) is 12.8 Å². The second kappa shape index (κ2) is 5.57. The van der Waals surface area contributed by atoms with Crippen LogP contribution in [-0.2, 0) is 0 Å². The largest absolute Gasteiger partial charge is 0.432 e. The monoisotopic (exact) mass is 369 g/mol. The molecule has 1 aliphatic carbocycles. The Morgan fingerprint density at radius 2 is 2.10 bits per heavy atom. The minimum absolute atomic E-state index is 0.0942. The molecule has 1 saturated carbocycles. The molecule has 1 fully saturated rings. The quantitative estimate of drug-likeness (QED) is 0.451. The van der Waals surface area contributed by atoms with Crippen LogP contribution in [0.15, 0.2) is 28.9 Å². The molecule has 1 heterocycles. The van der Waals surface area contributed by atoms with Gasteiger partial charge < -0.3 is 4.74 Å². The molecule has 0 radical (unpaired) electrons. The number of rotatable bonds is 4. The number of nitro groups is 1. The second-order valence-electron chi connectivity index (χ2n) is 4.63. The molecule has 108 valence electrons. The van der Waals surface area contributed by atoms with Gasteiger partial charge in [0.2, 0.25) is 11.6 Å². The van der Waals surface area contributed by atoms with Crippen molar-refractivity contribution >= 4 is 33.2 Å². The van der Waals surface area contributed by atoms with Gasteiger partial charge in [-0.15, -0.1) is 0 Å². The maximum atomic E-state index is 11.0. The van der Waals surface area contributed by atoms with Gasteiger partial charge in [0.05, 0.1) is 4.92 Å². The molecule has 1 aromatic heterocycles. The van der Waals surface area contributed by atoms with E-state index in [1.165, 1.54) is 18.2 Å². The fourth-order valence-corrected chi connectivity index (χ4v) is 2.37. The van der Waals surface area contributed by atoms with E-state index in [4.69, 9.17) is 16.3 Å². The van der Waals surface area contributed by atoms with Crippen molar-refractivity contribution in [3.63, 3.8) is 0 Å². The first-order valence-corrected chi connectivity index (χ1v) is 7.36. The molecule has 21 heavy (non-hydrogen) atoms. The average molecular weight is 371 g/mol. The summed E-state index contributed by atoms with van der Waals surface area (Å²) < 4.78 is 6.13. The van der Waals surface area contributed by atoms with Crippen LogP contribution in [0.4, 0.5) is 5.69 Å². The fraction of sp³-hybridized carbons (Fsp3) is 0.231. The number of benzene rings is 1. The summed E-state index contributed by atoms with van der Waals surface area (Å²) in [5.41, 5.74) is -0.204. The molecule has 8 heteroatoms. The predicted molar refractivity (Wildman–Crippen MR) is 79.9 cm³/mol. The van der Waals surface area contributed by atoms with Gasteiger partial charge >= 0.3 is 5.69 Å². The van der Waals surface area contributed by atoms with Crippen molar-refractivity contribution in [2.24, 2.45) is 0 Å². The molecule has 1 aliphatic rings. The van der Waals surface area contributed by atoms with Gasteiger partial charge in [-0.25, -0.2) is 4.98 Å². The summed E-state index contributed by atoms with van der Waals surface area (Å²) in [5, 5.41) is 11.3. The number of nitrogens with zero attached hydrogens (tertiary/aromatic N) is 3. The first kappa shape index (κ1) is 14.2. The van der Waals surface area contributed by atoms with Crippen LogP contribution in [-0.4, -0.2) is 14.9 Å². The summed E-state index contributed by atoms with van der Waals surface area (Å²) in [6, 6.07) is 5.80. The topological polar surface area (TPSA) is 78.2 Å². The smallest absolute Gasteiger partial charge is 0.313 e. The Balaban J connectivity index is 1.95. The average Bonchev–Trinajstić information content (AvgIpc) is 3.24. The van der Waals surface area contributed by atoms with Crippen molar-refractivity contribution in [1.82, 2.24) is 9.97 Å². The maximum absolute atomic E-state index is 11.0. The summed E-state index contributed by atoms with van der Waals surface area (Å²) >= 11 is 9.07. The Kier molecular flexibility index (Phi) is 3.77.